The lowest BCUT2D eigenvalue weighted by atomic mass is 9.76. The van der Waals surface area contributed by atoms with Crippen LogP contribution in [0.5, 0.6) is 0 Å². The first-order valence-corrected chi connectivity index (χ1v) is 10.1. The maximum absolute atomic E-state index is 6.32. The molecule has 1 aromatic heterocycles. The predicted octanol–water partition coefficient (Wildman–Crippen LogP) is 6.37. The second-order valence-corrected chi connectivity index (χ2v) is 8.25. The molecule has 2 aliphatic rings. The zero-order chi connectivity index (χ0) is 18.4. The number of benzene rings is 2. The number of rotatable bonds is 3. The van der Waals surface area contributed by atoms with Crippen molar-refractivity contribution < 1.29 is 4.42 Å². The van der Waals surface area contributed by atoms with Gasteiger partial charge in [0.2, 0.25) is 0 Å². The Kier molecular flexibility index (Phi) is 5.31. The van der Waals surface area contributed by atoms with Gasteiger partial charge in [-0.05, 0) is 49.9 Å². The Hall–Kier alpha value is -2.10. The summed E-state index contributed by atoms with van der Waals surface area (Å²) in [6.07, 6.45) is 5.49. The summed E-state index contributed by atoms with van der Waals surface area (Å²) in [6.45, 7) is 0. The Bertz CT molecular complexity index is 921. The maximum atomic E-state index is 6.32. The maximum Gasteiger partial charge on any atom is 0.200 e. The summed E-state index contributed by atoms with van der Waals surface area (Å²) in [6, 6.07) is 19.7. The molecule has 146 valence electrons. The van der Waals surface area contributed by atoms with Gasteiger partial charge < -0.3 is 4.42 Å². The van der Waals surface area contributed by atoms with Crippen molar-refractivity contribution >= 4 is 11.6 Å². The van der Waals surface area contributed by atoms with E-state index in [2.05, 4.69) is 36.2 Å². The molecule has 2 saturated heterocycles. The standard InChI is InChI=1S/C23H23ClN2O.CH4/c1-26-18-11-12-20(26)22(19(13-18)15-7-9-17(24)10-8-15)23-25-14-21(27-23)16-5-3-2-4-6-16;/h2-10,14,18-20,22H,11-13H2,1H3;1H4/t18-,19-,20?,22?;/m1./s1. The van der Waals surface area contributed by atoms with Crippen LogP contribution >= 0.6 is 11.6 Å². The van der Waals surface area contributed by atoms with Crippen LogP contribution in [0.3, 0.4) is 0 Å². The number of hydrogen-bond donors (Lipinski definition) is 0. The van der Waals surface area contributed by atoms with Gasteiger partial charge in [0.25, 0.3) is 0 Å². The SMILES string of the molecule is C.CN1C2CC[C@@H]1C[C@H](c1ccc(Cl)cc1)C2c1ncc(-c2ccccc2)o1. The van der Waals surface area contributed by atoms with E-state index in [1.165, 1.54) is 18.4 Å². The molecule has 3 nitrogen and oxygen atoms in total. The van der Waals surface area contributed by atoms with Gasteiger partial charge in [-0.3, -0.25) is 4.90 Å². The summed E-state index contributed by atoms with van der Waals surface area (Å²) < 4.78 is 6.32. The molecule has 0 radical (unpaired) electrons. The van der Waals surface area contributed by atoms with E-state index in [-0.39, 0.29) is 13.3 Å². The first kappa shape index (κ1) is 19.2. The quantitative estimate of drug-likeness (QED) is 0.517. The fraction of sp³-hybridized carbons (Fsp3) is 0.375. The molecule has 4 heteroatoms. The minimum absolute atomic E-state index is 0. The van der Waals surface area contributed by atoms with E-state index in [9.17, 15) is 0 Å². The Labute approximate surface area is 172 Å². The van der Waals surface area contributed by atoms with Gasteiger partial charge in [-0.1, -0.05) is 61.5 Å². The van der Waals surface area contributed by atoms with Crippen LogP contribution in [-0.2, 0) is 0 Å². The zero-order valence-corrected chi connectivity index (χ0v) is 16.1. The van der Waals surface area contributed by atoms with Gasteiger partial charge in [0.15, 0.2) is 11.7 Å². The van der Waals surface area contributed by atoms with Crippen molar-refractivity contribution in [2.24, 2.45) is 0 Å². The van der Waals surface area contributed by atoms with Gasteiger partial charge in [0, 0.05) is 22.7 Å². The Morgan fingerprint density at radius 1 is 1.04 bits per heavy atom. The molecule has 0 amide bonds. The highest BCUT2D eigenvalue weighted by molar-refractivity contribution is 6.30. The molecule has 2 bridgehead atoms. The summed E-state index contributed by atoms with van der Waals surface area (Å²) in [5.41, 5.74) is 2.42. The van der Waals surface area contributed by atoms with Crippen LogP contribution in [0, 0.1) is 0 Å². The third kappa shape index (κ3) is 3.27. The highest BCUT2D eigenvalue weighted by Crippen LogP contribution is 2.51. The van der Waals surface area contributed by atoms with E-state index >= 15 is 0 Å². The van der Waals surface area contributed by atoms with E-state index in [1.807, 2.05) is 36.5 Å². The van der Waals surface area contributed by atoms with E-state index in [0.29, 0.717) is 18.0 Å². The van der Waals surface area contributed by atoms with Crippen LogP contribution in [0.2, 0.25) is 5.02 Å². The first-order valence-electron chi connectivity index (χ1n) is 9.69. The van der Waals surface area contributed by atoms with Crippen LogP contribution < -0.4 is 0 Å². The Morgan fingerprint density at radius 3 is 2.54 bits per heavy atom. The number of nitrogens with zero attached hydrogens (tertiary/aromatic N) is 2. The molecular formula is C24H27ClN2O. The molecule has 3 heterocycles. The van der Waals surface area contributed by atoms with Gasteiger partial charge in [-0.25, -0.2) is 4.98 Å². The van der Waals surface area contributed by atoms with Crippen molar-refractivity contribution in [1.29, 1.82) is 0 Å². The number of likely N-dealkylation sites (N-methyl/N-ethyl adjacent to an activating group) is 1. The Morgan fingerprint density at radius 2 is 1.79 bits per heavy atom. The zero-order valence-electron chi connectivity index (χ0n) is 15.4. The fourth-order valence-corrected chi connectivity index (χ4v) is 5.16. The fourth-order valence-electron chi connectivity index (χ4n) is 5.03. The van der Waals surface area contributed by atoms with Crippen LogP contribution in [0.15, 0.2) is 65.2 Å². The second kappa shape index (κ2) is 7.73. The lowest BCUT2D eigenvalue weighted by Crippen LogP contribution is -2.44. The topological polar surface area (TPSA) is 29.3 Å². The second-order valence-electron chi connectivity index (χ2n) is 7.81. The van der Waals surface area contributed by atoms with Crippen molar-refractivity contribution in [3.05, 3.63) is 77.3 Å². The van der Waals surface area contributed by atoms with Gasteiger partial charge in [-0.15, -0.1) is 0 Å². The average molecular weight is 395 g/mol. The predicted molar refractivity (Wildman–Crippen MR) is 115 cm³/mol. The molecule has 2 aromatic carbocycles. The van der Waals surface area contributed by atoms with Crippen molar-refractivity contribution in [1.82, 2.24) is 9.88 Å². The number of aromatic nitrogens is 1. The number of piperidine rings is 1. The minimum Gasteiger partial charge on any atom is -0.440 e. The van der Waals surface area contributed by atoms with E-state index < -0.39 is 0 Å². The highest BCUT2D eigenvalue weighted by Gasteiger charge is 2.48. The summed E-state index contributed by atoms with van der Waals surface area (Å²) >= 11 is 6.13. The van der Waals surface area contributed by atoms with Gasteiger partial charge in [-0.2, -0.15) is 0 Å². The number of halogens is 1. The van der Waals surface area contributed by atoms with Gasteiger partial charge >= 0.3 is 0 Å². The third-order valence-corrected chi connectivity index (χ3v) is 6.69. The molecule has 3 aromatic rings. The van der Waals surface area contributed by atoms with Crippen molar-refractivity contribution in [2.45, 2.75) is 50.6 Å². The summed E-state index contributed by atoms with van der Waals surface area (Å²) in [4.78, 5) is 7.29. The van der Waals surface area contributed by atoms with Crippen LogP contribution in [-0.4, -0.2) is 29.0 Å². The number of hydrogen-bond acceptors (Lipinski definition) is 3. The van der Waals surface area contributed by atoms with Crippen LogP contribution in [0.1, 0.15) is 50.0 Å². The van der Waals surface area contributed by atoms with Gasteiger partial charge in [0.1, 0.15) is 0 Å². The average Bonchev–Trinajstić information content (AvgIpc) is 3.26. The molecular weight excluding hydrogens is 368 g/mol. The molecule has 2 aliphatic heterocycles. The normalized spacial score (nSPS) is 26.8. The monoisotopic (exact) mass is 394 g/mol. The van der Waals surface area contributed by atoms with Crippen molar-refractivity contribution in [3.63, 3.8) is 0 Å². The number of fused-ring (bicyclic) bond motifs is 2. The molecule has 0 spiro atoms. The number of oxazole rings is 1. The molecule has 0 N–H and O–H groups in total. The smallest absolute Gasteiger partial charge is 0.200 e. The van der Waals surface area contributed by atoms with Crippen LogP contribution in [0.25, 0.3) is 11.3 Å². The van der Waals surface area contributed by atoms with E-state index in [1.54, 1.807) is 0 Å². The molecule has 2 unspecified atom stereocenters. The Balaban J connectivity index is 0.00000192. The minimum atomic E-state index is 0. The van der Waals surface area contributed by atoms with Crippen molar-refractivity contribution in [3.8, 4) is 11.3 Å². The molecule has 0 saturated carbocycles. The molecule has 5 rings (SSSR count). The largest absolute Gasteiger partial charge is 0.440 e. The van der Waals surface area contributed by atoms with E-state index in [4.69, 9.17) is 21.0 Å². The summed E-state index contributed by atoms with van der Waals surface area (Å²) in [5.74, 6) is 2.40. The van der Waals surface area contributed by atoms with Crippen LogP contribution in [0.4, 0.5) is 0 Å². The molecule has 28 heavy (non-hydrogen) atoms. The lowest BCUT2D eigenvalue weighted by molar-refractivity contribution is 0.124. The summed E-state index contributed by atoms with van der Waals surface area (Å²) in [7, 11) is 2.26. The summed E-state index contributed by atoms with van der Waals surface area (Å²) in [5, 5.41) is 0.786. The lowest BCUT2D eigenvalue weighted by Gasteiger charge is -2.41. The third-order valence-electron chi connectivity index (χ3n) is 6.43. The van der Waals surface area contributed by atoms with E-state index in [0.717, 1.165) is 28.7 Å². The highest BCUT2D eigenvalue weighted by atomic mass is 35.5. The molecule has 0 aliphatic carbocycles. The van der Waals surface area contributed by atoms with Gasteiger partial charge in [0.05, 0.1) is 12.1 Å². The molecule has 4 atom stereocenters. The first-order chi connectivity index (χ1) is 13.2. The van der Waals surface area contributed by atoms with Crippen molar-refractivity contribution in [2.75, 3.05) is 7.05 Å². The molecule has 2 fully saturated rings.